The molecule has 3 rings (SSSR count). The van der Waals surface area contributed by atoms with Crippen LogP contribution < -0.4 is 0 Å². The van der Waals surface area contributed by atoms with E-state index in [0.717, 1.165) is 11.8 Å². The van der Waals surface area contributed by atoms with Gasteiger partial charge in [-0.15, -0.1) is 6.58 Å². The van der Waals surface area contributed by atoms with Gasteiger partial charge in [0.25, 0.3) is 5.91 Å². The fourth-order valence-electron chi connectivity index (χ4n) is 2.52. The first-order chi connectivity index (χ1) is 13.4. The summed E-state index contributed by atoms with van der Waals surface area (Å²) in [6.07, 6.45) is 3.18. The number of aromatic carboxylic acids is 1. The van der Waals surface area contributed by atoms with Gasteiger partial charge in [0.1, 0.15) is 0 Å². The van der Waals surface area contributed by atoms with Gasteiger partial charge in [0.2, 0.25) is 0 Å². The van der Waals surface area contributed by atoms with E-state index in [0.29, 0.717) is 25.7 Å². The number of para-hydroxylation sites is 1. The van der Waals surface area contributed by atoms with E-state index in [1.54, 1.807) is 48.6 Å². The van der Waals surface area contributed by atoms with Crippen LogP contribution in [0, 0.1) is 0 Å². The van der Waals surface area contributed by atoms with E-state index < -0.39 is 5.97 Å². The van der Waals surface area contributed by atoms with E-state index in [1.165, 1.54) is 11.0 Å². The summed E-state index contributed by atoms with van der Waals surface area (Å²) in [5, 5.41) is 10.6. The number of hydrogen-bond donors (Lipinski definition) is 1. The molecule has 8 heteroatoms. The molecule has 0 bridgehead atoms. The average molecular weight is 433 g/mol. The first-order valence-electron chi connectivity index (χ1n) is 8.09. The lowest BCUT2D eigenvalue weighted by Crippen LogP contribution is -2.29. The second kappa shape index (κ2) is 8.65. The predicted molar refractivity (Wildman–Crippen MR) is 114 cm³/mol. The van der Waals surface area contributed by atoms with Gasteiger partial charge < -0.3 is 5.11 Å². The number of thioether (sulfide) groups is 1. The zero-order chi connectivity index (χ0) is 20.3. The molecular formula is C20H14Cl2N2O3S. The molecule has 2 aromatic rings. The van der Waals surface area contributed by atoms with E-state index in [-0.39, 0.29) is 23.7 Å². The lowest BCUT2D eigenvalue weighted by atomic mass is 10.2. The van der Waals surface area contributed by atoms with Crippen LogP contribution in [0.3, 0.4) is 0 Å². The average Bonchev–Trinajstić information content (AvgIpc) is 2.94. The van der Waals surface area contributed by atoms with Gasteiger partial charge in [0, 0.05) is 22.2 Å². The van der Waals surface area contributed by atoms with Crippen LogP contribution in [-0.2, 0) is 4.79 Å². The monoisotopic (exact) mass is 432 g/mol. The molecule has 28 heavy (non-hydrogen) atoms. The number of halogens is 2. The van der Waals surface area contributed by atoms with Gasteiger partial charge in [0.15, 0.2) is 5.17 Å². The Morgan fingerprint density at radius 3 is 2.50 bits per heavy atom. The Bertz CT molecular complexity index is 1010. The molecule has 142 valence electrons. The number of nitrogens with zero attached hydrogens (tertiary/aromatic N) is 2. The third-order valence-corrected chi connectivity index (χ3v) is 5.49. The quantitative estimate of drug-likeness (QED) is 0.501. The highest BCUT2D eigenvalue weighted by Crippen LogP contribution is 2.37. The lowest BCUT2D eigenvalue weighted by molar-refractivity contribution is -0.121. The normalized spacial score (nSPS) is 16.8. The van der Waals surface area contributed by atoms with Crippen LogP contribution in [0.15, 0.2) is 65.0 Å². The first-order valence-corrected chi connectivity index (χ1v) is 9.67. The van der Waals surface area contributed by atoms with Crippen LogP contribution in [0.4, 0.5) is 5.69 Å². The zero-order valence-corrected chi connectivity index (χ0v) is 16.8. The molecular weight excluding hydrogens is 419 g/mol. The molecule has 0 saturated carbocycles. The number of rotatable bonds is 5. The van der Waals surface area contributed by atoms with Crippen molar-refractivity contribution in [3.05, 3.63) is 81.2 Å². The maximum atomic E-state index is 12.8. The molecule has 1 amide bonds. The van der Waals surface area contributed by atoms with Crippen molar-refractivity contribution >= 4 is 63.8 Å². The highest BCUT2D eigenvalue weighted by Gasteiger charge is 2.33. The van der Waals surface area contributed by atoms with Crippen LogP contribution in [0.25, 0.3) is 6.08 Å². The van der Waals surface area contributed by atoms with Crippen molar-refractivity contribution in [3.63, 3.8) is 0 Å². The number of amides is 1. The van der Waals surface area contributed by atoms with Gasteiger partial charge in [-0.3, -0.25) is 9.69 Å². The largest absolute Gasteiger partial charge is 0.478 e. The maximum absolute atomic E-state index is 12.8. The summed E-state index contributed by atoms with van der Waals surface area (Å²) in [6, 6.07) is 11.4. The minimum absolute atomic E-state index is 0.0492. The van der Waals surface area contributed by atoms with Crippen molar-refractivity contribution < 1.29 is 14.7 Å². The molecule has 0 atom stereocenters. The van der Waals surface area contributed by atoms with Crippen molar-refractivity contribution in [1.29, 1.82) is 0 Å². The summed E-state index contributed by atoms with van der Waals surface area (Å²) in [5.41, 5.74) is 0.844. The van der Waals surface area contributed by atoms with Gasteiger partial charge in [-0.2, -0.15) is 0 Å². The zero-order valence-electron chi connectivity index (χ0n) is 14.4. The summed E-state index contributed by atoms with van der Waals surface area (Å²) in [4.78, 5) is 30.5. The Kier molecular flexibility index (Phi) is 6.24. The smallest absolute Gasteiger partial charge is 0.337 e. The van der Waals surface area contributed by atoms with Crippen molar-refractivity contribution in [2.75, 3.05) is 6.54 Å². The summed E-state index contributed by atoms with van der Waals surface area (Å²) < 4.78 is 0. The number of benzene rings is 2. The van der Waals surface area contributed by atoms with E-state index >= 15 is 0 Å². The van der Waals surface area contributed by atoms with Gasteiger partial charge in [-0.25, -0.2) is 9.79 Å². The Labute approximate surface area is 176 Å². The molecule has 1 heterocycles. The second-order valence-electron chi connectivity index (χ2n) is 5.67. The molecule has 5 nitrogen and oxygen atoms in total. The van der Waals surface area contributed by atoms with Gasteiger partial charge in [-0.05, 0) is 42.1 Å². The van der Waals surface area contributed by atoms with Gasteiger partial charge >= 0.3 is 5.97 Å². The van der Waals surface area contributed by atoms with E-state index in [1.807, 2.05) is 0 Å². The first kappa shape index (κ1) is 20.2. The van der Waals surface area contributed by atoms with Crippen LogP contribution in [0.1, 0.15) is 15.9 Å². The van der Waals surface area contributed by atoms with E-state index in [2.05, 4.69) is 11.6 Å². The van der Waals surface area contributed by atoms with E-state index in [4.69, 9.17) is 23.2 Å². The predicted octanol–water partition coefficient (Wildman–Crippen LogP) is 5.48. The summed E-state index contributed by atoms with van der Waals surface area (Å²) in [5.74, 6) is -1.38. The fourth-order valence-corrected chi connectivity index (χ4v) is 4.01. The number of amidine groups is 1. The molecule has 0 aromatic heterocycles. The Morgan fingerprint density at radius 1 is 1.18 bits per heavy atom. The molecule has 0 unspecified atom stereocenters. The summed E-state index contributed by atoms with van der Waals surface area (Å²) >= 11 is 13.5. The maximum Gasteiger partial charge on any atom is 0.337 e. The molecule has 1 aliphatic rings. The molecule has 1 saturated heterocycles. The van der Waals surface area contributed by atoms with Crippen LogP contribution in [0.2, 0.25) is 10.0 Å². The minimum Gasteiger partial charge on any atom is -0.478 e. The Morgan fingerprint density at radius 2 is 1.86 bits per heavy atom. The molecule has 2 aromatic carbocycles. The summed E-state index contributed by atoms with van der Waals surface area (Å²) in [6.45, 7) is 3.90. The molecule has 0 spiro atoms. The number of carbonyl (C=O) groups is 2. The third-order valence-electron chi connectivity index (χ3n) is 3.83. The van der Waals surface area contributed by atoms with Crippen molar-refractivity contribution in [1.82, 2.24) is 4.90 Å². The number of carboxylic acids is 1. The highest BCUT2D eigenvalue weighted by molar-refractivity contribution is 8.18. The topological polar surface area (TPSA) is 70.0 Å². The van der Waals surface area contributed by atoms with Crippen molar-refractivity contribution in [2.24, 2.45) is 4.99 Å². The summed E-state index contributed by atoms with van der Waals surface area (Å²) in [7, 11) is 0. The number of carboxylic acid groups (broad SMARTS) is 1. The molecule has 0 radical (unpaired) electrons. The standard InChI is InChI=1S/C20H14Cl2N2O3S/c1-2-10-24-18(25)17(11-13-14(21)7-5-8-15(13)22)28-20(24)23-16-9-4-3-6-12(16)19(26)27/h2-9,11H,1,10H2,(H,26,27)/b17-11-,23-20?. The van der Waals surface area contributed by atoms with Crippen LogP contribution >= 0.6 is 35.0 Å². The van der Waals surface area contributed by atoms with Crippen molar-refractivity contribution in [3.8, 4) is 0 Å². The Balaban J connectivity index is 2.06. The van der Waals surface area contributed by atoms with Gasteiger partial charge in [-0.1, -0.05) is 47.5 Å². The molecule has 1 fully saturated rings. The lowest BCUT2D eigenvalue weighted by Gasteiger charge is -2.13. The number of carbonyl (C=O) groups excluding carboxylic acids is 1. The minimum atomic E-state index is -1.09. The number of hydrogen-bond acceptors (Lipinski definition) is 4. The third kappa shape index (κ3) is 4.14. The highest BCUT2D eigenvalue weighted by atomic mass is 35.5. The SMILES string of the molecule is C=CCN1C(=O)/C(=C/c2c(Cl)cccc2Cl)SC1=Nc1ccccc1C(=O)O. The van der Waals surface area contributed by atoms with Crippen molar-refractivity contribution in [2.45, 2.75) is 0 Å². The molecule has 0 aliphatic carbocycles. The number of aliphatic imine (C=N–C) groups is 1. The van der Waals surface area contributed by atoms with Crippen LogP contribution in [0.5, 0.6) is 0 Å². The van der Waals surface area contributed by atoms with Gasteiger partial charge in [0.05, 0.1) is 16.2 Å². The molecule has 1 N–H and O–H groups in total. The second-order valence-corrected chi connectivity index (χ2v) is 7.49. The fraction of sp³-hybridized carbons (Fsp3) is 0.0500. The molecule has 1 aliphatic heterocycles. The van der Waals surface area contributed by atoms with Crippen LogP contribution in [-0.4, -0.2) is 33.6 Å². The Hall–Kier alpha value is -2.54. The van der Waals surface area contributed by atoms with E-state index in [9.17, 15) is 14.7 Å².